The molecule has 1 aromatic heterocycles. The highest BCUT2D eigenvalue weighted by Crippen LogP contribution is 2.25. The summed E-state index contributed by atoms with van der Waals surface area (Å²) >= 11 is 0. The van der Waals surface area contributed by atoms with Gasteiger partial charge in [0.2, 0.25) is 0 Å². The summed E-state index contributed by atoms with van der Waals surface area (Å²) in [7, 11) is 0. The first-order chi connectivity index (χ1) is 10.8. The van der Waals surface area contributed by atoms with Crippen molar-refractivity contribution in [2.75, 3.05) is 0 Å². The number of aliphatic carboxylic acids is 2. The minimum absolute atomic E-state index is 0.0910. The van der Waals surface area contributed by atoms with E-state index in [1.165, 1.54) is 13.0 Å². The summed E-state index contributed by atoms with van der Waals surface area (Å²) in [6, 6.07) is 4.68. The Morgan fingerprint density at radius 1 is 1.30 bits per heavy atom. The highest BCUT2D eigenvalue weighted by Gasteiger charge is 2.16. The van der Waals surface area contributed by atoms with Crippen LogP contribution in [0.1, 0.15) is 24.5 Å². The monoisotopic (exact) mass is 320 g/mol. The molecule has 7 nitrogen and oxygen atoms in total. The maximum atomic E-state index is 12.0. The summed E-state index contributed by atoms with van der Waals surface area (Å²) in [5, 5.41) is 18.2. The normalized spacial score (nSPS) is 12.1. The molecular formula is C16H16O7. The molecule has 0 aliphatic heterocycles. The molecule has 2 aromatic rings. The number of carboxylic acids is 2. The molecule has 0 saturated carbocycles. The molecule has 23 heavy (non-hydrogen) atoms. The highest BCUT2D eigenvalue weighted by molar-refractivity contribution is 5.82. The van der Waals surface area contributed by atoms with Gasteiger partial charge in [-0.2, -0.15) is 0 Å². The van der Waals surface area contributed by atoms with Gasteiger partial charge >= 0.3 is 17.6 Å². The topological polar surface area (TPSA) is 114 Å². The molecule has 0 radical (unpaired) electrons. The van der Waals surface area contributed by atoms with Gasteiger partial charge in [0.1, 0.15) is 11.3 Å². The Balaban J connectivity index is 2.42. The summed E-state index contributed by atoms with van der Waals surface area (Å²) in [6.45, 7) is 3.11. The lowest BCUT2D eigenvalue weighted by Crippen LogP contribution is -2.22. The molecule has 7 heteroatoms. The molecule has 122 valence electrons. The van der Waals surface area contributed by atoms with Crippen molar-refractivity contribution in [2.45, 2.75) is 32.8 Å². The van der Waals surface area contributed by atoms with Gasteiger partial charge in [0, 0.05) is 23.4 Å². The molecule has 2 N–H and O–H groups in total. The van der Waals surface area contributed by atoms with Crippen LogP contribution >= 0.6 is 0 Å². The molecular weight excluding hydrogens is 304 g/mol. The molecule has 0 saturated heterocycles. The zero-order chi connectivity index (χ0) is 17.1. The van der Waals surface area contributed by atoms with Crippen LogP contribution in [0.2, 0.25) is 0 Å². The number of carboxylic acid groups (broad SMARTS) is 2. The molecule has 0 spiro atoms. The molecule has 1 heterocycles. The van der Waals surface area contributed by atoms with Gasteiger partial charge in [-0.05, 0) is 38.0 Å². The molecule has 0 aliphatic carbocycles. The lowest BCUT2D eigenvalue weighted by atomic mass is 10.0. The first-order valence-corrected chi connectivity index (χ1v) is 6.97. The van der Waals surface area contributed by atoms with Crippen molar-refractivity contribution in [1.29, 1.82) is 0 Å². The average Bonchev–Trinajstić information content (AvgIpc) is 2.46. The van der Waals surface area contributed by atoms with Gasteiger partial charge < -0.3 is 19.4 Å². The largest absolute Gasteiger partial charge is 0.481 e. The Hall–Kier alpha value is -2.83. The summed E-state index contributed by atoms with van der Waals surface area (Å²) in [4.78, 5) is 33.5. The van der Waals surface area contributed by atoms with Crippen LogP contribution < -0.4 is 10.4 Å². The van der Waals surface area contributed by atoms with E-state index in [0.29, 0.717) is 16.5 Å². The van der Waals surface area contributed by atoms with Gasteiger partial charge in [0.15, 0.2) is 6.10 Å². The molecule has 0 aliphatic rings. The zero-order valence-electron chi connectivity index (χ0n) is 12.7. The fourth-order valence-electron chi connectivity index (χ4n) is 2.22. The van der Waals surface area contributed by atoms with Crippen LogP contribution in [0.5, 0.6) is 5.75 Å². The maximum Gasteiger partial charge on any atom is 0.344 e. The quantitative estimate of drug-likeness (QED) is 0.782. The van der Waals surface area contributed by atoms with Crippen LogP contribution in [0.4, 0.5) is 0 Å². The van der Waals surface area contributed by atoms with Crippen molar-refractivity contribution in [1.82, 2.24) is 0 Å². The SMILES string of the molecule is Cc1c(CCC(=O)O)c(=O)oc2cc(O[C@@H](C)C(=O)O)ccc12. The van der Waals surface area contributed by atoms with E-state index in [0.717, 1.165) is 0 Å². The Morgan fingerprint density at radius 2 is 2.00 bits per heavy atom. The standard InChI is InChI=1S/C16H16O7/c1-8-11-4-3-10(22-9(2)15(19)20)7-13(11)23-16(21)12(8)5-6-14(17)18/h3-4,7,9H,5-6H2,1-2H3,(H,17,18)(H,19,20)/t9-/m0/s1. The summed E-state index contributed by atoms with van der Waals surface area (Å²) in [5.74, 6) is -1.82. The number of rotatable bonds is 6. The third-order valence-corrected chi connectivity index (χ3v) is 3.51. The smallest absolute Gasteiger partial charge is 0.344 e. The molecule has 0 unspecified atom stereocenters. The van der Waals surface area contributed by atoms with Gasteiger partial charge in [-0.1, -0.05) is 0 Å². The average molecular weight is 320 g/mol. The number of benzene rings is 1. The predicted molar refractivity (Wildman–Crippen MR) is 80.9 cm³/mol. The van der Waals surface area contributed by atoms with E-state index in [2.05, 4.69) is 0 Å². The van der Waals surface area contributed by atoms with Crippen LogP contribution in [-0.2, 0) is 16.0 Å². The van der Waals surface area contributed by atoms with Crippen LogP contribution in [-0.4, -0.2) is 28.3 Å². The van der Waals surface area contributed by atoms with Gasteiger partial charge in [0.05, 0.1) is 0 Å². The number of hydrogen-bond acceptors (Lipinski definition) is 5. The third-order valence-electron chi connectivity index (χ3n) is 3.51. The van der Waals surface area contributed by atoms with E-state index in [1.54, 1.807) is 19.1 Å². The first kappa shape index (κ1) is 16.5. The minimum atomic E-state index is -1.10. The third kappa shape index (κ3) is 3.68. The van der Waals surface area contributed by atoms with E-state index in [4.69, 9.17) is 19.4 Å². The van der Waals surface area contributed by atoms with Crippen LogP contribution in [0.15, 0.2) is 27.4 Å². The summed E-state index contributed by atoms with van der Waals surface area (Å²) in [6.07, 6.45) is -1.10. The number of ether oxygens (including phenoxy) is 1. The van der Waals surface area contributed by atoms with E-state index in [-0.39, 0.29) is 24.2 Å². The fourth-order valence-corrected chi connectivity index (χ4v) is 2.22. The molecule has 2 rings (SSSR count). The van der Waals surface area contributed by atoms with Gasteiger partial charge in [-0.15, -0.1) is 0 Å². The van der Waals surface area contributed by atoms with Crippen molar-refractivity contribution >= 4 is 22.9 Å². The lowest BCUT2D eigenvalue weighted by molar-refractivity contribution is -0.144. The summed E-state index contributed by atoms with van der Waals surface area (Å²) < 4.78 is 10.4. The molecule has 0 amide bonds. The van der Waals surface area contributed by atoms with E-state index in [1.807, 2.05) is 0 Å². The Bertz CT molecular complexity index is 819. The minimum Gasteiger partial charge on any atom is -0.481 e. The zero-order valence-corrected chi connectivity index (χ0v) is 12.7. The number of fused-ring (bicyclic) bond motifs is 1. The van der Waals surface area contributed by atoms with Crippen LogP contribution in [0.3, 0.4) is 0 Å². The van der Waals surface area contributed by atoms with Crippen LogP contribution in [0, 0.1) is 6.92 Å². The van der Waals surface area contributed by atoms with E-state index < -0.39 is 23.7 Å². The second kappa shape index (κ2) is 6.51. The Labute approximate surface area is 131 Å². The van der Waals surface area contributed by atoms with Crippen molar-refractivity contribution < 1.29 is 29.0 Å². The van der Waals surface area contributed by atoms with Crippen molar-refractivity contribution in [2.24, 2.45) is 0 Å². The second-order valence-electron chi connectivity index (χ2n) is 5.14. The Kier molecular flexibility index (Phi) is 4.68. The van der Waals surface area contributed by atoms with Crippen LogP contribution in [0.25, 0.3) is 11.0 Å². The second-order valence-corrected chi connectivity index (χ2v) is 5.14. The number of hydrogen-bond donors (Lipinski definition) is 2. The van der Waals surface area contributed by atoms with E-state index >= 15 is 0 Å². The molecule has 0 fully saturated rings. The number of carbonyl (C=O) groups is 2. The summed E-state index contributed by atoms with van der Waals surface area (Å²) in [5.41, 5.74) is 0.643. The van der Waals surface area contributed by atoms with Gasteiger partial charge in [-0.3, -0.25) is 4.79 Å². The maximum absolute atomic E-state index is 12.0. The van der Waals surface area contributed by atoms with Crippen molar-refractivity contribution in [3.8, 4) is 5.75 Å². The van der Waals surface area contributed by atoms with E-state index in [9.17, 15) is 14.4 Å². The number of aryl methyl sites for hydroxylation is 1. The highest BCUT2D eigenvalue weighted by atomic mass is 16.5. The molecule has 1 atom stereocenters. The fraction of sp³-hybridized carbons (Fsp3) is 0.312. The van der Waals surface area contributed by atoms with Crippen molar-refractivity contribution in [3.05, 3.63) is 39.7 Å². The molecule has 0 bridgehead atoms. The Morgan fingerprint density at radius 3 is 2.61 bits per heavy atom. The first-order valence-electron chi connectivity index (χ1n) is 6.97. The lowest BCUT2D eigenvalue weighted by Gasteiger charge is -2.12. The predicted octanol–water partition coefficient (Wildman–Crippen LogP) is 1.97. The van der Waals surface area contributed by atoms with Gasteiger partial charge in [0.25, 0.3) is 0 Å². The van der Waals surface area contributed by atoms with Crippen molar-refractivity contribution in [3.63, 3.8) is 0 Å². The van der Waals surface area contributed by atoms with Gasteiger partial charge in [-0.25, -0.2) is 9.59 Å². The molecule has 1 aromatic carbocycles.